The van der Waals surface area contributed by atoms with E-state index in [1.54, 1.807) is 30.1 Å². The lowest BCUT2D eigenvalue weighted by atomic mass is 10.2. The minimum Gasteiger partial charge on any atom is -0.494 e. The lowest BCUT2D eigenvalue weighted by molar-refractivity contribution is 0.274. The van der Waals surface area contributed by atoms with Gasteiger partial charge in [0.25, 0.3) is 0 Å². The Morgan fingerprint density at radius 3 is 3.08 bits per heavy atom. The molecule has 2 aromatic heterocycles. The van der Waals surface area contributed by atoms with E-state index < -0.39 is 0 Å². The number of hydrogen-bond acceptors (Lipinski definition) is 3. The van der Waals surface area contributed by atoms with Crippen LogP contribution in [0.5, 0.6) is 5.75 Å². The van der Waals surface area contributed by atoms with E-state index in [0.29, 0.717) is 5.75 Å². The van der Waals surface area contributed by atoms with E-state index in [9.17, 15) is 0 Å². The zero-order valence-corrected chi connectivity index (χ0v) is 7.27. The number of fused-ring (bicyclic) bond motifs is 1. The first-order valence-corrected chi connectivity index (χ1v) is 3.97. The third-order valence-corrected chi connectivity index (χ3v) is 1.99. The van der Waals surface area contributed by atoms with Crippen LogP contribution in [0.2, 0.25) is 0 Å². The van der Waals surface area contributed by atoms with Crippen molar-refractivity contribution < 1.29 is 9.84 Å². The molecule has 0 aromatic carbocycles. The maximum Gasteiger partial charge on any atom is 0.150 e. The molecule has 13 heavy (non-hydrogen) atoms. The number of hydrogen-bond donors (Lipinski definition) is 1. The van der Waals surface area contributed by atoms with Crippen LogP contribution >= 0.6 is 0 Å². The maximum atomic E-state index is 9.04. The molecular weight excluding hydrogens is 168 g/mol. The van der Waals surface area contributed by atoms with Crippen molar-refractivity contribution in [2.75, 3.05) is 7.11 Å². The van der Waals surface area contributed by atoms with Gasteiger partial charge in [-0.2, -0.15) is 5.10 Å². The van der Waals surface area contributed by atoms with Crippen LogP contribution in [-0.2, 0) is 6.61 Å². The van der Waals surface area contributed by atoms with Crippen LogP contribution in [0.4, 0.5) is 0 Å². The number of nitrogens with zero attached hydrogens (tertiary/aromatic N) is 2. The Balaban J connectivity index is 2.74. The van der Waals surface area contributed by atoms with Gasteiger partial charge in [0.15, 0.2) is 0 Å². The van der Waals surface area contributed by atoms with Gasteiger partial charge in [0, 0.05) is 11.8 Å². The molecule has 0 aliphatic rings. The molecule has 2 aromatic rings. The third-order valence-electron chi connectivity index (χ3n) is 1.99. The van der Waals surface area contributed by atoms with Crippen LogP contribution in [0.15, 0.2) is 24.5 Å². The summed E-state index contributed by atoms with van der Waals surface area (Å²) in [5.41, 5.74) is 1.64. The Kier molecular flexibility index (Phi) is 1.90. The summed E-state index contributed by atoms with van der Waals surface area (Å²) < 4.78 is 6.89. The minimum atomic E-state index is -0.0230. The molecular formula is C9H10N2O2. The molecule has 0 saturated heterocycles. The molecule has 0 spiro atoms. The van der Waals surface area contributed by atoms with Gasteiger partial charge in [-0.15, -0.1) is 0 Å². The van der Waals surface area contributed by atoms with Gasteiger partial charge in [-0.1, -0.05) is 0 Å². The van der Waals surface area contributed by atoms with Gasteiger partial charge in [-0.05, 0) is 12.1 Å². The normalized spacial score (nSPS) is 10.6. The van der Waals surface area contributed by atoms with Crippen LogP contribution in [-0.4, -0.2) is 21.8 Å². The SMILES string of the molecule is COc1c(CO)ccn2nccc12. The number of ether oxygens (including phenoxy) is 1. The first-order chi connectivity index (χ1) is 6.36. The second-order valence-electron chi connectivity index (χ2n) is 2.69. The summed E-state index contributed by atoms with van der Waals surface area (Å²) in [6.45, 7) is -0.0230. The van der Waals surface area contributed by atoms with Gasteiger partial charge in [-0.3, -0.25) is 0 Å². The standard InChI is InChI=1S/C9H10N2O2/c1-13-9-7(6-12)3-5-11-8(9)2-4-10-11/h2-5,12H,6H2,1H3. The van der Waals surface area contributed by atoms with Gasteiger partial charge in [0.1, 0.15) is 11.3 Å². The van der Waals surface area contributed by atoms with E-state index in [1.807, 2.05) is 6.07 Å². The summed E-state index contributed by atoms with van der Waals surface area (Å²) >= 11 is 0. The van der Waals surface area contributed by atoms with Crippen LogP contribution in [0.3, 0.4) is 0 Å². The summed E-state index contributed by atoms with van der Waals surface area (Å²) in [6.07, 6.45) is 3.49. The molecule has 4 heteroatoms. The summed E-state index contributed by atoms with van der Waals surface area (Å²) in [5, 5.41) is 13.1. The van der Waals surface area contributed by atoms with Crippen molar-refractivity contribution in [1.29, 1.82) is 0 Å². The molecule has 0 atom stereocenters. The summed E-state index contributed by atoms with van der Waals surface area (Å²) in [5.74, 6) is 0.683. The molecule has 1 N–H and O–H groups in total. The summed E-state index contributed by atoms with van der Waals surface area (Å²) in [6, 6.07) is 3.64. The lowest BCUT2D eigenvalue weighted by Gasteiger charge is -2.07. The molecule has 2 heterocycles. The molecule has 4 nitrogen and oxygen atoms in total. The zero-order valence-electron chi connectivity index (χ0n) is 7.27. The van der Waals surface area contributed by atoms with E-state index in [0.717, 1.165) is 11.1 Å². The van der Waals surface area contributed by atoms with Gasteiger partial charge >= 0.3 is 0 Å². The predicted octanol–water partition coefficient (Wildman–Crippen LogP) is 0.835. The monoisotopic (exact) mass is 178 g/mol. The topological polar surface area (TPSA) is 46.8 Å². The number of rotatable bonds is 2. The fourth-order valence-electron chi connectivity index (χ4n) is 1.37. The summed E-state index contributed by atoms with van der Waals surface area (Å²) in [4.78, 5) is 0. The Bertz CT molecular complexity index is 422. The number of methoxy groups -OCH3 is 1. The molecule has 2 rings (SSSR count). The third kappa shape index (κ3) is 1.15. The van der Waals surface area contributed by atoms with Crippen LogP contribution < -0.4 is 4.74 Å². The highest BCUT2D eigenvalue weighted by molar-refractivity contribution is 5.62. The lowest BCUT2D eigenvalue weighted by Crippen LogP contribution is -1.96. The van der Waals surface area contributed by atoms with E-state index in [1.165, 1.54) is 0 Å². The molecule has 0 aliphatic heterocycles. The number of pyridine rings is 1. The van der Waals surface area contributed by atoms with Crippen LogP contribution in [0, 0.1) is 0 Å². The molecule has 0 unspecified atom stereocenters. The predicted molar refractivity (Wildman–Crippen MR) is 47.7 cm³/mol. The average molecular weight is 178 g/mol. The van der Waals surface area contributed by atoms with Crippen LogP contribution in [0.25, 0.3) is 5.52 Å². The number of aliphatic hydroxyl groups excluding tert-OH is 1. The summed E-state index contributed by atoms with van der Waals surface area (Å²) in [7, 11) is 1.58. The van der Waals surface area contributed by atoms with Crippen molar-refractivity contribution in [3.63, 3.8) is 0 Å². The Morgan fingerprint density at radius 1 is 1.54 bits per heavy atom. The van der Waals surface area contributed by atoms with Crippen molar-refractivity contribution in [3.05, 3.63) is 30.1 Å². The molecule has 0 aliphatic carbocycles. The van der Waals surface area contributed by atoms with Gasteiger partial charge in [-0.25, -0.2) is 4.52 Å². The first kappa shape index (κ1) is 8.07. The largest absolute Gasteiger partial charge is 0.494 e. The molecule has 68 valence electrons. The maximum absolute atomic E-state index is 9.04. The zero-order chi connectivity index (χ0) is 9.26. The molecule has 0 fully saturated rings. The number of aliphatic hydroxyl groups is 1. The minimum absolute atomic E-state index is 0.0230. The van der Waals surface area contributed by atoms with Gasteiger partial charge in [0.05, 0.1) is 19.9 Å². The smallest absolute Gasteiger partial charge is 0.150 e. The number of aromatic nitrogens is 2. The molecule has 0 radical (unpaired) electrons. The van der Waals surface area contributed by atoms with Crippen molar-refractivity contribution >= 4 is 5.52 Å². The highest BCUT2D eigenvalue weighted by Crippen LogP contribution is 2.23. The Morgan fingerprint density at radius 2 is 2.38 bits per heavy atom. The van der Waals surface area contributed by atoms with Gasteiger partial charge in [0.2, 0.25) is 0 Å². The molecule has 0 amide bonds. The van der Waals surface area contributed by atoms with Crippen molar-refractivity contribution in [2.24, 2.45) is 0 Å². The Hall–Kier alpha value is -1.55. The van der Waals surface area contributed by atoms with Crippen LogP contribution in [0.1, 0.15) is 5.56 Å². The van der Waals surface area contributed by atoms with Crippen molar-refractivity contribution in [2.45, 2.75) is 6.61 Å². The Labute approximate surface area is 75.4 Å². The second-order valence-corrected chi connectivity index (χ2v) is 2.69. The highest BCUT2D eigenvalue weighted by atomic mass is 16.5. The van der Waals surface area contributed by atoms with E-state index >= 15 is 0 Å². The highest BCUT2D eigenvalue weighted by Gasteiger charge is 2.07. The van der Waals surface area contributed by atoms with E-state index in [2.05, 4.69) is 5.10 Å². The fraction of sp³-hybridized carbons (Fsp3) is 0.222. The average Bonchev–Trinajstić information content (AvgIpc) is 2.63. The first-order valence-electron chi connectivity index (χ1n) is 3.97. The van der Waals surface area contributed by atoms with Gasteiger partial charge < -0.3 is 9.84 Å². The quantitative estimate of drug-likeness (QED) is 0.741. The fourth-order valence-corrected chi connectivity index (χ4v) is 1.37. The van der Waals surface area contributed by atoms with Crippen molar-refractivity contribution in [1.82, 2.24) is 9.61 Å². The second kappa shape index (κ2) is 3.06. The van der Waals surface area contributed by atoms with E-state index in [4.69, 9.17) is 9.84 Å². The van der Waals surface area contributed by atoms with Crippen molar-refractivity contribution in [3.8, 4) is 5.75 Å². The van der Waals surface area contributed by atoms with E-state index in [-0.39, 0.29) is 6.61 Å². The molecule has 0 bridgehead atoms. The molecule has 0 saturated carbocycles.